The van der Waals surface area contributed by atoms with E-state index < -0.39 is 0 Å². The number of thiophene rings is 1. The Bertz CT molecular complexity index is 607. The molecule has 7 heteroatoms. The molecule has 0 bridgehead atoms. The van der Waals surface area contributed by atoms with Crippen LogP contribution in [0.4, 0.5) is 0 Å². The van der Waals surface area contributed by atoms with Gasteiger partial charge in [0.1, 0.15) is 5.76 Å². The number of carbonyl (C=O) groups is 2. The molecule has 0 saturated heterocycles. The summed E-state index contributed by atoms with van der Waals surface area (Å²) < 4.78 is 4.89. The molecule has 2 aromatic heterocycles. The Balaban J connectivity index is 1.89. The molecule has 0 unspecified atom stereocenters. The van der Waals surface area contributed by atoms with Gasteiger partial charge in [0.25, 0.3) is 5.91 Å². The topological polar surface area (TPSA) is 75.4 Å². The highest BCUT2D eigenvalue weighted by molar-refractivity contribution is 7.09. The van der Waals surface area contributed by atoms with Crippen molar-refractivity contribution in [3.63, 3.8) is 0 Å². The molecule has 2 aromatic rings. The number of nitrogens with zero attached hydrogens (tertiary/aromatic N) is 2. The highest BCUT2D eigenvalue weighted by Gasteiger charge is 2.20. The zero-order valence-electron chi connectivity index (χ0n) is 12.0. The van der Waals surface area contributed by atoms with Crippen LogP contribution in [0.2, 0.25) is 0 Å². The summed E-state index contributed by atoms with van der Waals surface area (Å²) in [6.07, 6.45) is 0. The second kappa shape index (κ2) is 7.03. The quantitative estimate of drug-likeness (QED) is 0.883. The third-order valence-electron chi connectivity index (χ3n) is 2.89. The molecule has 0 aliphatic rings. The van der Waals surface area contributed by atoms with Crippen LogP contribution in [0.15, 0.2) is 28.1 Å². The minimum Gasteiger partial charge on any atom is -0.361 e. The van der Waals surface area contributed by atoms with Crippen molar-refractivity contribution in [3.8, 4) is 0 Å². The van der Waals surface area contributed by atoms with Gasteiger partial charge in [0.15, 0.2) is 5.69 Å². The summed E-state index contributed by atoms with van der Waals surface area (Å²) in [6.45, 7) is 4.44. The highest BCUT2D eigenvalue weighted by atomic mass is 32.1. The van der Waals surface area contributed by atoms with Crippen LogP contribution in [0, 0.1) is 6.92 Å². The summed E-state index contributed by atoms with van der Waals surface area (Å²) >= 11 is 1.58. The molecule has 2 heterocycles. The largest absolute Gasteiger partial charge is 0.361 e. The molecular formula is C14H17N3O3S. The molecule has 0 radical (unpaired) electrons. The van der Waals surface area contributed by atoms with Crippen molar-refractivity contribution in [2.45, 2.75) is 20.4 Å². The molecule has 0 aromatic carbocycles. The van der Waals surface area contributed by atoms with Gasteiger partial charge >= 0.3 is 0 Å². The van der Waals surface area contributed by atoms with Gasteiger partial charge in [-0.15, -0.1) is 11.3 Å². The van der Waals surface area contributed by atoms with Gasteiger partial charge in [-0.25, -0.2) is 0 Å². The molecule has 0 aliphatic heterocycles. The minimum atomic E-state index is -0.305. The Hall–Kier alpha value is -2.15. The standard InChI is InChI=1S/C14H17N3O3S/c1-3-17(14(19)12-7-10(2)20-16-12)9-13(18)15-8-11-5-4-6-21-11/h4-7H,3,8-9H2,1-2H3,(H,15,18). The molecule has 2 amide bonds. The van der Waals surface area contributed by atoms with Gasteiger partial charge in [-0.2, -0.15) is 0 Å². The van der Waals surface area contributed by atoms with Crippen molar-refractivity contribution >= 4 is 23.2 Å². The van der Waals surface area contributed by atoms with Crippen LogP contribution in [0.25, 0.3) is 0 Å². The van der Waals surface area contributed by atoms with Crippen molar-refractivity contribution in [1.29, 1.82) is 0 Å². The fourth-order valence-corrected chi connectivity index (χ4v) is 2.43. The SMILES string of the molecule is CCN(CC(=O)NCc1cccs1)C(=O)c1cc(C)on1. The van der Waals surface area contributed by atoms with Crippen LogP contribution in [-0.2, 0) is 11.3 Å². The first kappa shape index (κ1) is 15.2. The summed E-state index contributed by atoms with van der Waals surface area (Å²) in [5.41, 5.74) is 0.223. The Labute approximate surface area is 126 Å². The number of nitrogens with one attached hydrogen (secondary N) is 1. The average Bonchev–Trinajstić information content (AvgIpc) is 3.13. The van der Waals surface area contributed by atoms with E-state index in [0.29, 0.717) is 18.8 Å². The zero-order valence-corrected chi connectivity index (χ0v) is 12.8. The number of aryl methyl sites for hydroxylation is 1. The third-order valence-corrected chi connectivity index (χ3v) is 3.77. The van der Waals surface area contributed by atoms with Gasteiger partial charge in [-0.05, 0) is 25.3 Å². The van der Waals surface area contributed by atoms with Crippen LogP contribution >= 0.6 is 11.3 Å². The summed E-state index contributed by atoms with van der Waals surface area (Å²) in [7, 11) is 0. The molecule has 0 fully saturated rings. The Morgan fingerprint density at radius 1 is 1.48 bits per heavy atom. The number of hydrogen-bond acceptors (Lipinski definition) is 5. The molecule has 0 spiro atoms. The lowest BCUT2D eigenvalue weighted by Crippen LogP contribution is -2.40. The number of likely N-dealkylation sites (N-methyl/N-ethyl adjacent to an activating group) is 1. The van der Waals surface area contributed by atoms with Crippen LogP contribution in [0.1, 0.15) is 28.0 Å². The lowest BCUT2D eigenvalue weighted by Gasteiger charge is -2.18. The second-order valence-corrected chi connectivity index (χ2v) is 5.53. The molecule has 0 atom stereocenters. The van der Waals surface area contributed by atoms with Crippen LogP contribution in [0.3, 0.4) is 0 Å². The van der Waals surface area contributed by atoms with Crippen molar-refractivity contribution in [2.24, 2.45) is 0 Å². The van der Waals surface area contributed by atoms with Gasteiger partial charge in [0, 0.05) is 17.5 Å². The third kappa shape index (κ3) is 4.16. The zero-order chi connectivity index (χ0) is 15.2. The van der Waals surface area contributed by atoms with Gasteiger partial charge in [0.2, 0.25) is 5.91 Å². The number of aromatic nitrogens is 1. The van der Waals surface area contributed by atoms with E-state index in [2.05, 4.69) is 10.5 Å². The highest BCUT2D eigenvalue weighted by Crippen LogP contribution is 2.08. The van der Waals surface area contributed by atoms with E-state index in [0.717, 1.165) is 4.88 Å². The van der Waals surface area contributed by atoms with E-state index in [4.69, 9.17) is 4.52 Å². The molecular weight excluding hydrogens is 290 g/mol. The van der Waals surface area contributed by atoms with E-state index >= 15 is 0 Å². The summed E-state index contributed by atoms with van der Waals surface area (Å²) in [6, 6.07) is 5.45. The maximum atomic E-state index is 12.2. The first-order chi connectivity index (χ1) is 10.1. The summed E-state index contributed by atoms with van der Waals surface area (Å²) in [4.78, 5) is 26.6. The first-order valence-corrected chi connectivity index (χ1v) is 7.49. The van der Waals surface area contributed by atoms with Crippen molar-refractivity contribution in [1.82, 2.24) is 15.4 Å². The molecule has 21 heavy (non-hydrogen) atoms. The summed E-state index contributed by atoms with van der Waals surface area (Å²) in [5.74, 6) is 0.0657. The van der Waals surface area contributed by atoms with Crippen LogP contribution < -0.4 is 5.32 Å². The van der Waals surface area contributed by atoms with Gasteiger partial charge in [-0.1, -0.05) is 11.2 Å². The number of amides is 2. The lowest BCUT2D eigenvalue weighted by atomic mass is 10.3. The molecule has 6 nitrogen and oxygen atoms in total. The molecule has 2 rings (SSSR count). The molecule has 1 N–H and O–H groups in total. The molecule has 112 valence electrons. The molecule has 0 saturated carbocycles. The Kier molecular flexibility index (Phi) is 5.10. The van der Waals surface area contributed by atoms with E-state index in [9.17, 15) is 9.59 Å². The lowest BCUT2D eigenvalue weighted by molar-refractivity contribution is -0.121. The second-order valence-electron chi connectivity index (χ2n) is 4.50. The fourth-order valence-electron chi connectivity index (χ4n) is 1.78. The smallest absolute Gasteiger partial charge is 0.276 e. The fraction of sp³-hybridized carbons (Fsp3) is 0.357. The van der Waals surface area contributed by atoms with Crippen LogP contribution in [0.5, 0.6) is 0 Å². The number of carbonyl (C=O) groups excluding carboxylic acids is 2. The van der Waals surface area contributed by atoms with E-state index in [1.807, 2.05) is 24.4 Å². The van der Waals surface area contributed by atoms with E-state index in [-0.39, 0.29) is 24.1 Å². The maximum Gasteiger partial charge on any atom is 0.276 e. The Morgan fingerprint density at radius 2 is 2.29 bits per heavy atom. The normalized spacial score (nSPS) is 10.4. The maximum absolute atomic E-state index is 12.2. The predicted molar refractivity (Wildman–Crippen MR) is 79.0 cm³/mol. The predicted octanol–water partition coefficient (Wildman–Crippen LogP) is 1.82. The van der Waals surface area contributed by atoms with Crippen molar-refractivity contribution in [2.75, 3.05) is 13.1 Å². The molecule has 0 aliphatic carbocycles. The van der Waals surface area contributed by atoms with Gasteiger partial charge in [0.05, 0.1) is 13.1 Å². The van der Waals surface area contributed by atoms with Crippen molar-refractivity contribution in [3.05, 3.63) is 39.9 Å². The van der Waals surface area contributed by atoms with E-state index in [1.54, 1.807) is 24.3 Å². The minimum absolute atomic E-state index is 0.00656. The number of hydrogen-bond donors (Lipinski definition) is 1. The van der Waals surface area contributed by atoms with Gasteiger partial charge < -0.3 is 14.7 Å². The van der Waals surface area contributed by atoms with Crippen LogP contribution in [-0.4, -0.2) is 35.0 Å². The monoisotopic (exact) mass is 307 g/mol. The number of rotatable bonds is 6. The van der Waals surface area contributed by atoms with Gasteiger partial charge in [-0.3, -0.25) is 9.59 Å². The van der Waals surface area contributed by atoms with E-state index in [1.165, 1.54) is 4.90 Å². The first-order valence-electron chi connectivity index (χ1n) is 6.61. The Morgan fingerprint density at radius 3 is 2.86 bits per heavy atom. The van der Waals surface area contributed by atoms with Crippen molar-refractivity contribution < 1.29 is 14.1 Å². The average molecular weight is 307 g/mol. The summed E-state index contributed by atoms with van der Waals surface area (Å²) in [5, 5.41) is 8.43.